The van der Waals surface area contributed by atoms with Crippen LogP contribution in [-0.4, -0.2) is 23.9 Å². The largest absolute Gasteiger partial charge is 0.496 e. The molecule has 0 saturated heterocycles. The lowest BCUT2D eigenvalue weighted by molar-refractivity contribution is -0.119. The van der Waals surface area contributed by atoms with Crippen molar-refractivity contribution in [2.24, 2.45) is 0 Å². The SMILES string of the molecule is COc1cc(C(=O)Nc2nc(-c3ccc(CNC(C)=O)o3)cs2)ccc1C. The van der Waals surface area contributed by atoms with E-state index >= 15 is 0 Å². The van der Waals surface area contributed by atoms with Gasteiger partial charge in [-0.3, -0.25) is 14.9 Å². The van der Waals surface area contributed by atoms with Gasteiger partial charge in [0.25, 0.3) is 5.91 Å². The number of aromatic nitrogens is 1. The van der Waals surface area contributed by atoms with Gasteiger partial charge < -0.3 is 14.5 Å². The lowest BCUT2D eigenvalue weighted by Gasteiger charge is -2.07. The molecule has 0 saturated carbocycles. The van der Waals surface area contributed by atoms with Crippen molar-refractivity contribution < 1.29 is 18.7 Å². The fraction of sp³-hybridized carbons (Fsp3) is 0.211. The molecule has 3 aromatic rings. The van der Waals surface area contributed by atoms with E-state index in [-0.39, 0.29) is 11.8 Å². The van der Waals surface area contributed by atoms with E-state index in [0.717, 1.165) is 5.56 Å². The number of amides is 2. The van der Waals surface area contributed by atoms with E-state index in [1.165, 1.54) is 18.3 Å². The van der Waals surface area contributed by atoms with Crippen molar-refractivity contribution in [3.63, 3.8) is 0 Å². The highest BCUT2D eigenvalue weighted by molar-refractivity contribution is 7.14. The fourth-order valence-corrected chi connectivity index (χ4v) is 3.09. The Balaban J connectivity index is 1.69. The molecule has 0 bridgehead atoms. The van der Waals surface area contributed by atoms with Gasteiger partial charge in [-0.25, -0.2) is 4.98 Å². The van der Waals surface area contributed by atoms with Gasteiger partial charge in [0.05, 0.1) is 13.7 Å². The van der Waals surface area contributed by atoms with Gasteiger partial charge in [0.2, 0.25) is 5.91 Å². The predicted octanol–water partition coefficient (Wildman–Crippen LogP) is 3.61. The zero-order valence-corrected chi connectivity index (χ0v) is 16.0. The van der Waals surface area contributed by atoms with E-state index in [1.807, 2.05) is 13.0 Å². The molecule has 0 fully saturated rings. The summed E-state index contributed by atoms with van der Waals surface area (Å²) in [6.07, 6.45) is 0. The first-order valence-corrected chi connectivity index (χ1v) is 9.09. The van der Waals surface area contributed by atoms with Crippen LogP contribution >= 0.6 is 11.3 Å². The molecule has 2 amide bonds. The van der Waals surface area contributed by atoms with Crippen LogP contribution in [-0.2, 0) is 11.3 Å². The van der Waals surface area contributed by atoms with Crippen LogP contribution in [0.1, 0.15) is 28.6 Å². The van der Waals surface area contributed by atoms with E-state index in [4.69, 9.17) is 9.15 Å². The number of carbonyl (C=O) groups excluding carboxylic acids is 2. The normalized spacial score (nSPS) is 10.5. The summed E-state index contributed by atoms with van der Waals surface area (Å²) < 4.78 is 10.9. The van der Waals surface area contributed by atoms with Crippen molar-refractivity contribution in [1.29, 1.82) is 0 Å². The zero-order valence-electron chi connectivity index (χ0n) is 15.2. The molecule has 1 aromatic carbocycles. The molecule has 2 aromatic heterocycles. The third-order valence-corrected chi connectivity index (χ3v) is 4.58. The maximum Gasteiger partial charge on any atom is 0.257 e. The van der Waals surface area contributed by atoms with Crippen LogP contribution in [0.3, 0.4) is 0 Å². The number of rotatable bonds is 6. The second kappa shape index (κ2) is 8.05. The number of furan rings is 1. The topological polar surface area (TPSA) is 93.5 Å². The lowest BCUT2D eigenvalue weighted by Crippen LogP contribution is -2.18. The van der Waals surface area contributed by atoms with Gasteiger partial charge in [-0.2, -0.15) is 0 Å². The Morgan fingerprint density at radius 1 is 1.26 bits per heavy atom. The van der Waals surface area contributed by atoms with Gasteiger partial charge in [-0.1, -0.05) is 6.07 Å². The van der Waals surface area contributed by atoms with Crippen LogP contribution in [0, 0.1) is 6.92 Å². The minimum absolute atomic E-state index is 0.126. The van der Waals surface area contributed by atoms with Gasteiger partial charge >= 0.3 is 0 Å². The highest BCUT2D eigenvalue weighted by atomic mass is 32.1. The van der Waals surface area contributed by atoms with Crippen LogP contribution in [0.15, 0.2) is 40.1 Å². The van der Waals surface area contributed by atoms with Crippen molar-refractivity contribution in [2.45, 2.75) is 20.4 Å². The van der Waals surface area contributed by atoms with Gasteiger partial charge in [-0.05, 0) is 36.8 Å². The summed E-state index contributed by atoms with van der Waals surface area (Å²) in [7, 11) is 1.57. The summed E-state index contributed by atoms with van der Waals surface area (Å²) in [5.74, 6) is 1.47. The number of methoxy groups -OCH3 is 1. The number of carbonyl (C=O) groups is 2. The monoisotopic (exact) mass is 385 g/mol. The number of ether oxygens (including phenoxy) is 1. The molecule has 0 aliphatic rings. The second-order valence-electron chi connectivity index (χ2n) is 5.85. The number of aryl methyl sites for hydroxylation is 1. The van der Waals surface area contributed by atoms with Crippen molar-refractivity contribution >= 4 is 28.3 Å². The average Bonchev–Trinajstić information content (AvgIpc) is 3.29. The second-order valence-corrected chi connectivity index (χ2v) is 6.71. The Morgan fingerprint density at radius 3 is 2.81 bits per heavy atom. The first kappa shape index (κ1) is 18.7. The summed E-state index contributed by atoms with van der Waals surface area (Å²) >= 11 is 1.30. The highest BCUT2D eigenvalue weighted by Gasteiger charge is 2.13. The van der Waals surface area contributed by atoms with Crippen LogP contribution in [0.2, 0.25) is 0 Å². The molecular formula is C19H19N3O4S. The smallest absolute Gasteiger partial charge is 0.257 e. The number of hydrogen-bond acceptors (Lipinski definition) is 6. The van der Waals surface area contributed by atoms with Gasteiger partial charge in [-0.15, -0.1) is 11.3 Å². The number of nitrogens with zero attached hydrogens (tertiary/aromatic N) is 1. The van der Waals surface area contributed by atoms with Gasteiger partial charge in [0.1, 0.15) is 17.2 Å². The molecule has 140 valence electrons. The summed E-state index contributed by atoms with van der Waals surface area (Å²) in [5, 5.41) is 7.72. The molecule has 2 heterocycles. The van der Waals surface area contributed by atoms with E-state index in [0.29, 0.717) is 40.2 Å². The quantitative estimate of drug-likeness (QED) is 0.676. The molecule has 27 heavy (non-hydrogen) atoms. The molecule has 2 N–H and O–H groups in total. The number of hydrogen-bond donors (Lipinski definition) is 2. The van der Waals surface area contributed by atoms with Crippen molar-refractivity contribution in [1.82, 2.24) is 10.3 Å². The molecule has 3 rings (SSSR count). The third-order valence-electron chi connectivity index (χ3n) is 3.82. The molecule has 0 radical (unpaired) electrons. The maximum atomic E-state index is 12.4. The molecule has 0 aliphatic heterocycles. The third kappa shape index (κ3) is 4.53. The Hall–Kier alpha value is -3.13. The minimum atomic E-state index is -0.264. The summed E-state index contributed by atoms with van der Waals surface area (Å²) in [4.78, 5) is 27.8. The first-order chi connectivity index (χ1) is 13.0. The number of anilines is 1. The minimum Gasteiger partial charge on any atom is -0.496 e. The number of nitrogens with one attached hydrogen (secondary N) is 2. The molecule has 0 atom stereocenters. The van der Waals surface area contributed by atoms with Crippen LogP contribution in [0.4, 0.5) is 5.13 Å². The van der Waals surface area contributed by atoms with Gasteiger partial charge in [0, 0.05) is 17.9 Å². The zero-order chi connectivity index (χ0) is 19.4. The van der Waals surface area contributed by atoms with Crippen molar-refractivity contribution in [3.05, 3.63) is 52.6 Å². The fourth-order valence-electron chi connectivity index (χ4n) is 2.40. The lowest BCUT2D eigenvalue weighted by atomic mass is 10.1. The number of thiazole rings is 1. The van der Waals surface area contributed by atoms with Crippen molar-refractivity contribution in [3.8, 4) is 17.2 Å². The van der Waals surface area contributed by atoms with Crippen LogP contribution in [0.5, 0.6) is 5.75 Å². The number of benzene rings is 1. The highest BCUT2D eigenvalue weighted by Crippen LogP contribution is 2.27. The van der Waals surface area contributed by atoms with E-state index in [9.17, 15) is 9.59 Å². The maximum absolute atomic E-state index is 12.4. The molecule has 7 nitrogen and oxygen atoms in total. The van der Waals surface area contributed by atoms with E-state index in [1.54, 1.807) is 36.8 Å². The van der Waals surface area contributed by atoms with Gasteiger partial charge in [0.15, 0.2) is 10.9 Å². The summed E-state index contributed by atoms with van der Waals surface area (Å²) in [5.41, 5.74) is 2.06. The molecule has 0 aliphatic carbocycles. The Kier molecular flexibility index (Phi) is 5.56. The van der Waals surface area contributed by atoms with Crippen LogP contribution in [0.25, 0.3) is 11.5 Å². The molecule has 0 unspecified atom stereocenters. The average molecular weight is 385 g/mol. The summed E-state index contributed by atoms with van der Waals surface area (Å²) in [6.45, 7) is 3.68. The Labute approximate surface area is 160 Å². The van der Waals surface area contributed by atoms with Crippen molar-refractivity contribution in [2.75, 3.05) is 12.4 Å². The Morgan fingerprint density at radius 2 is 2.07 bits per heavy atom. The first-order valence-electron chi connectivity index (χ1n) is 8.21. The standard InChI is InChI=1S/C19H19N3O4S/c1-11-4-5-13(8-17(11)25-3)18(24)22-19-21-15(10-27-19)16-7-6-14(26-16)9-20-12(2)23/h4-8,10H,9H2,1-3H3,(H,20,23)(H,21,22,24). The summed E-state index contributed by atoms with van der Waals surface area (Å²) in [6, 6.07) is 8.83. The van der Waals surface area contributed by atoms with E-state index in [2.05, 4.69) is 15.6 Å². The molecular weight excluding hydrogens is 366 g/mol. The predicted molar refractivity (Wildman–Crippen MR) is 103 cm³/mol. The van der Waals surface area contributed by atoms with E-state index < -0.39 is 0 Å². The van der Waals surface area contributed by atoms with Crippen LogP contribution < -0.4 is 15.4 Å². The molecule has 8 heteroatoms. The Bertz CT molecular complexity index is 977. The molecule has 0 spiro atoms.